The number of hydrogen-bond donors (Lipinski definition) is 3. The summed E-state index contributed by atoms with van der Waals surface area (Å²) in [5, 5.41) is 6.15. The molecule has 0 aliphatic carbocycles. The van der Waals surface area contributed by atoms with E-state index in [0.29, 0.717) is 11.3 Å². The number of hydrogen-bond acceptors (Lipinski definition) is 5. The van der Waals surface area contributed by atoms with E-state index in [1.165, 1.54) is 13.2 Å². The summed E-state index contributed by atoms with van der Waals surface area (Å²) < 4.78 is 45.1. The van der Waals surface area contributed by atoms with Gasteiger partial charge in [-0.05, 0) is 19.1 Å². The van der Waals surface area contributed by atoms with Crippen molar-refractivity contribution >= 4 is 15.7 Å². The van der Waals surface area contributed by atoms with E-state index in [1.54, 1.807) is 6.92 Å². The van der Waals surface area contributed by atoms with Crippen molar-refractivity contribution in [2.24, 2.45) is 5.73 Å². The molecule has 0 spiro atoms. The van der Waals surface area contributed by atoms with E-state index >= 15 is 0 Å². The van der Waals surface area contributed by atoms with Crippen LogP contribution in [0.1, 0.15) is 11.3 Å². The minimum atomic E-state index is -3.96. The second-order valence-electron chi connectivity index (χ2n) is 4.29. The first-order valence-electron chi connectivity index (χ1n) is 5.99. The monoisotopic (exact) mass is 314 g/mol. The molecule has 0 aliphatic heterocycles. The van der Waals surface area contributed by atoms with Crippen LogP contribution in [0.15, 0.2) is 23.2 Å². The number of nitrogens with zero attached hydrogens (tertiary/aromatic N) is 1. The van der Waals surface area contributed by atoms with Gasteiger partial charge in [0.25, 0.3) is 10.0 Å². The van der Waals surface area contributed by atoms with Gasteiger partial charge in [-0.2, -0.15) is 13.5 Å². The van der Waals surface area contributed by atoms with Gasteiger partial charge in [0, 0.05) is 23.9 Å². The molecule has 114 valence electrons. The number of benzene rings is 1. The van der Waals surface area contributed by atoms with Crippen LogP contribution in [0.2, 0.25) is 0 Å². The number of aromatic nitrogens is 2. The Bertz CT molecular complexity index is 758. The molecule has 7 nitrogen and oxygen atoms in total. The number of H-pyrrole nitrogens is 1. The molecule has 0 bridgehead atoms. The lowest BCUT2D eigenvalue weighted by Gasteiger charge is -2.11. The third-order valence-electron chi connectivity index (χ3n) is 2.90. The van der Waals surface area contributed by atoms with E-state index < -0.39 is 15.8 Å². The maximum absolute atomic E-state index is 13.1. The smallest absolute Gasteiger partial charge is 0.281 e. The van der Waals surface area contributed by atoms with E-state index in [1.807, 2.05) is 0 Å². The van der Waals surface area contributed by atoms with Gasteiger partial charge in [-0.3, -0.25) is 9.82 Å². The highest BCUT2D eigenvalue weighted by atomic mass is 32.2. The summed E-state index contributed by atoms with van der Waals surface area (Å²) in [5.74, 6) is -0.465. The van der Waals surface area contributed by atoms with Crippen LogP contribution < -0.4 is 15.2 Å². The average molecular weight is 314 g/mol. The van der Waals surface area contributed by atoms with Crippen LogP contribution in [0.3, 0.4) is 0 Å². The summed E-state index contributed by atoms with van der Waals surface area (Å²) >= 11 is 0. The third kappa shape index (κ3) is 2.98. The summed E-state index contributed by atoms with van der Waals surface area (Å²) in [7, 11) is -2.64. The molecule has 2 aromatic rings. The highest BCUT2D eigenvalue weighted by molar-refractivity contribution is 7.92. The Balaban J connectivity index is 2.42. The molecule has 21 heavy (non-hydrogen) atoms. The van der Waals surface area contributed by atoms with Crippen LogP contribution in [-0.2, 0) is 16.6 Å². The zero-order valence-corrected chi connectivity index (χ0v) is 12.3. The first kappa shape index (κ1) is 15.3. The van der Waals surface area contributed by atoms with E-state index in [2.05, 4.69) is 14.9 Å². The summed E-state index contributed by atoms with van der Waals surface area (Å²) in [5.41, 5.74) is 6.61. The van der Waals surface area contributed by atoms with Gasteiger partial charge in [-0.1, -0.05) is 0 Å². The van der Waals surface area contributed by atoms with E-state index in [0.717, 1.165) is 12.1 Å². The minimum Gasteiger partial charge on any atom is -0.494 e. The van der Waals surface area contributed by atoms with Gasteiger partial charge >= 0.3 is 0 Å². The molecule has 0 amide bonds. The lowest BCUT2D eigenvalue weighted by molar-refractivity contribution is 0.413. The molecule has 1 aromatic carbocycles. The number of halogens is 1. The predicted molar refractivity (Wildman–Crippen MR) is 75.0 cm³/mol. The maximum atomic E-state index is 13.1. The summed E-state index contributed by atoms with van der Waals surface area (Å²) in [4.78, 5) is 0. The molecule has 2 rings (SSSR count). The number of rotatable bonds is 5. The van der Waals surface area contributed by atoms with Crippen LogP contribution in [-0.4, -0.2) is 25.7 Å². The number of nitrogens with two attached hydrogens (primary N) is 1. The van der Waals surface area contributed by atoms with Crippen molar-refractivity contribution in [3.63, 3.8) is 0 Å². The van der Waals surface area contributed by atoms with Crippen LogP contribution >= 0.6 is 0 Å². The van der Waals surface area contributed by atoms with Crippen LogP contribution in [0.5, 0.6) is 5.75 Å². The first-order valence-corrected chi connectivity index (χ1v) is 7.47. The summed E-state index contributed by atoms with van der Waals surface area (Å²) in [6.45, 7) is 1.70. The Morgan fingerprint density at radius 2 is 2.19 bits per heavy atom. The molecule has 0 unspecified atom stereocenters. The highest BCUT2D eigenvalue weighted by Gasteiger charge is 2.24. The maximum Gasteiger partial charge on any atom is 0.281 e. The van der Waals surface area contributed by atoms with Gasteiger partial charge < -0.3 is 10.5 Å². The largest absolute Gasteiger partial charge is 0.494 e. The zero-order chi connectivity index (χ0) is 15.6. The Morgan fingerprint density at radius 3 is 2.81 bits per heavy atom. The van der Waals surface area contributed by atoms with Gasteiger partial charge in [-0.25, -0.2) is 4.39 Å². The van der Waals surface area contributed by atoms with Gasteiger partial charge in [0.15, 0.2) is 0 Å². The number of methoxy groups -OCH3 is 1. The molecule has 1 heterocycles. The molecule has 0 aliphatic rings. The lowest BCUT2D eigenvalue weighted by Crippen LogP contribution is -2.17. The Morgan fingerprint density at radius 1 is 1.48 bits per heavy atom. The Kier molecular flexibility index (Phi) is 4.14. The van der Waals surface area contributed by atoms with Crippen molar-refractivity contribution in [2.45, 2.75) is 18.5 Å². The van der Waals surface area contributed by atoms with E-state index in [9.17, 15) is 12.8 Å². The van der Waals surface area contributed by atoms with Crippen molar-refractivity contribution in [1.82, 2.24) is 10.2 Å². The number of aromatic amines is 1. The van der Waals surface area contributed by atoms with Crippen LogP contribution in [0, 0.1) is 12.7 Å². The van der Waals surface area contributed by atoms with Gasteiger partial charge in [0.2, 0.25) is 5.03 Å². The predicted octanol–water partition coefficient (Wildman–Crippen LogP) is 1.13. The molecule has 0 radical (unpaired) electrons. The average Bonchev–Trinajstić information content (AvgIpc) is 2.82. The molecular weight excluding hydrogens is 299 g/mol. The molecule has 4 N–H and O–H groups in total. The third-order valence-corrected chi connectivity index (χ3v) is 4.24. The van der Waals surface area contributed by atoms with Crippen molar-refractivity contribution < 1.29 is 17.5 Å². The molecule has 0 saturated carbocycles. The number of anilines is 1. The zero-order valence-electron chi connectivity index (χ0n) is 11.5. The second kappa shape index (κ2) is 5.70. The molecule has 1 aromatic heterocycles. The van der Waals surface area contributed by atoms with Gasteiger partial charge in [0.05, 0.1) is 12.8 Å². The fourth-order valence-electron chi connectivity index (χ4n) is 1.84. The van der Waals surface area contributed by atoms with Crippen molar-refractivity contribution in [3.05, 3.63) is 35.3 Å². The first-order chi connectivity index (χ1) is 9.89. The second-order valence-corrected chi connectivity index (χ2v) is 5.88. The minimum absolute atomic E-state index is 0.0269. The SMILES string of the molecule is COc1cc(F)ccc1NS(=O)(=O)c1n[nH]c(C)c1CN. The van der Waals surface area contributed by atoms with Crippen molar-refractivity contribution in [3.8, 4) is 5.75 Å². The topological polar surface area (TPSA) is 110 Å². The quantitative estimate of drug-likeness (QED) is 0.766. The normalized spacial score (nSPS) is 11.4. The van der Waals surface area contributed by atoms with Crippen LogP contribution in [0.25, 0.3) is 0 Å². The molecule has 0 fully saturated rings. The van der Waals surface area contributed by atoms with Crippen molar-refractivity contribution in [2.75, 3.05) is 11.8 Å². The Hall–Kier alpha value is -2.13. The Labute approximate surface area is 121 Å². The number of aryl methyl sites for hydroxylation is 1. The summed E-state index contributed by atoms with van der Waals surface area (Å²) in [6.07, 6.45) is 0. The number of sulfonamides is 1. The van der Waals surface area contributed by atoms with Gasteiger partial charge in [0.1, 0.15) is 11.6 Å². The van der Waals surface area contributed by atoms with E-state index in [-0.39, 0.29) is 23.0 Å². The van der Waals surface area contributed by atoms with E-state index in [4.69, 9.17) is 10.5 Å². The fourth-order valence-corrected chi connectivity index (χ4v) is 3.12. The fraction of sp³-hybridized carbons (Fsp3) is 0.250. The molecule has 0 saturated heterocycles. The summed E-state index contributed by atoms with van der Waals surface area (Å²) in [6, 6.07) is 3.48. The highest BCUT2D eigenvalue weighted by Crippen LogP contribution is 2.28. The number of ether oxygens (including phenoxy) is 1. The lowest BCUT2D eigenvalue weighted by atomic mass is 10.3. The molecule has 0 atom stereocenters. The van der Waals surface area contributed by atoms with Gasteiger partial charge in [-0.15, -0.1) is 0 Å². The van der Waals surface area contributed by atoms with Crippen LogP contribution in [0.4, 0.5) is 10.1 Å². The van der Waals surface area contributed by atoms with Crippen molar-refractivity contribution in [1.29, 1.82) is 0 Å². The number of nitrogens with one attached hydrogen (secondary N) is 2. The standard InChI is InChI=1S/C12H15FN4O3S/c1-7-9(6-14)12(16-15-7)21(18,19)17-10-4-3-8(13)5-11(10)20-2/h3-5,17H,6,14H2,1-2H3,(H,15,16). The molecular formula is C12H15FN4O3S. The molecule has 9 heteroatoms.